The van der Waals surface area contributed by atoms with Crippen molar-refractivity contribution in [3.63, 3.8) is 0 Å². The van der Waals surface area contributed by atoms with Crippen LogP contribution in [-0.2, 0) is 22.6 Å². The molecule has 0 saturated carbocycles. The average Bonchev–Trinajstić information content (AvgIpc) is 3.28. The van der Waals surface area contributed by atoms with E-state index in [9.17, 15) is 9.59 Å². The summed E-state index contributed by atoms with van der Waals surface area (Å²) in [5.41, 5.74) is 8.84. The quantitative estimate of drug-likeness (QED) is 0.352. The normalized spacial score (nSPS) is 15.1. The molecule has 4 rings (SSSR count). The number of rotatable bonds is 9. The molecule has 1 fully saturated rings. The molecule has 0 radical (unpaired) electrons. The molecule has 0 bridgehead atoms. The number of methoxy groups -OCH3 is 1. The number of hydrazine groups is 1. The number of benzene rings is 3. The van der Waals surface area contributed by atoms with Crippen LogP contribution < -0.4 is 25.2 Å². The Hall–Kier alpha value is -3.42. The number of carbonyl (C=O) groups excluding carboxylic acids is 2. The van der Waals surface area contributed by atoms with Gasteiger partial charge in [0.15, 0.2) is 11.5 Å². The molecule has 188 valence electrons. The number of nitrogens with one attached hydrogen (secondary N) is 2. The fourth-order valence-electron chi connectivity index (χ4n) is 3.98. The molecule has 1 saturated heterocycles. The van der Waals surface area contributed by atoms with Crippen LogP contribution in [0.4, 0.5) is 11.4 Å². The van der Waals surface area contributed by atoms with Gasteiger partial charge in [-0.3, -0.25) is 20.4 Å². The lowest BCUT2D eigenvalue weighted by molar-refractivity contribution is -0.125. The SMILES string of the molecule is CCc1ccc(N2C[C@@H](C(=O)NNc3cc(Cl)c(OCc4ccccc4Cl)c(OC)c3)CC2=O)cc1. The molecule has 2 N–H and O–H groups in total. The third-order valence-corrected chi connectivity index (χ3v) is 6.69. The van der Waals surface area contributed by atoms with E-state index in [1.54, 1.807) is 23.1 Å². The maximum atomic E-state index is 12.8. The predicted molar refractivity (Wildman–Crippen MR) is 142 cm³/mol. The zero-order valence-corrected chi connectivity index (χ0v) is 21.5. The molecule has 0 aromatic heterocycles. The number of anilines is 2. The molecule has 1 atom stereocenters. The zero-order chi connectivity index (χ0) is 25.7. The van der Waals surface area contributed by atoms with Crippen LogP contribution >= 0.6 is 23.2 Å². The minimum Gasteiger partial charge on any atom is -0.493 e. The largest absolute Gasteiger partial charge is 0.493 e. The Kier molecular flexibility index (Phi) is 8.23. The number of carbonyl (C=O) groups is 2. The minimum atomic E-state index is -0.480. The van der Waals surface area contributed by atoms with Gasteiger partial charge >= 0.3 is 0 Å². The molecule has 0 unspecified atom stereocenters. The van der Waals surface area contributed by atoms with E-state index in [0.717, 1.165) is 17.7 Å². The Morgan fingerprint density at radius 2 is 1.83 bits per heavy atom. The number of halogens is 2. The lowest BCUT2D eigenvalue weighted by Crippen LogP contribution is -2.36. The van der Waals surface area contributed by atoms with Crippen molar-refractivity contribution in [2.75, 3.05) is 24.0 Å². The smallest absolute Gasteiger partial charge is 0.243 e. The molecule has 1 heterocycles. The van der Waals surface area contributed by atoms with Crippen LogP contribution in [0.5, 0.6) is 11.5 Å². The van der Waals surface area contributed by atoms with Gasteiger partial charge in [0.25, 0.3) is 0 Å². The van der Waals surface area contributed by atoms with Crippen molar-refractivity contribution in [2.24, 2.45) is 5.92 Å². The Morgan fingerprint density at radius 3 is 2.53 bits per heavy atom. The van der Waals surface area contributed by atoms with E-state index in [-0.39, 0.29) is 24.8 Å². The highest BCUT2D eigenvalue weighted by atomic mass is 35.5. The summed E-state index contributed by atoms with van der Waals surface area (Å²) < 4.78 is 11.3. The highest BCUT2D eigenvalue weighted by Crippen LogP contribution is 2.39. The van der Waals surface area contributed by atoms with Gasteiger partial charge in [0.2, 0.25) is 11.8 Å². The first-order valence-corrected chi connectivity index (χ1v) is 12.3. The zero-order valence-electron chi connectivity index (χ0n) is 20.0. The molecule has 0 spiro atoms. The number of aryl methyl sites for hydroxylation is 1. The predicted octanol–water partition coefficient (Wildman–Crippen LogP) is 5.64. The van der Waals surface area contributed by atoms with Crippen molar-refractivity contribution in [2.45, 2.75) is 26.4 Å². The maximum absolute atomic E-state index is 12.8. The second-order valence-electron chi connectivity index (χ2n) is 8.41. The van der Waals surface area contributed by atoms with Gasteiger partial charge < -0.3 is 14.4 Å². The molecule has 1 aliphatic heterocycles. The van der Waals surface area contributed by atoms with Crippen molar-refractivity contribution in [3.05, 3.63) is 81.8 Å². The molecule has 1 aliphatic rings. The summed E-state index contributed by atoms with van der Waals surface area (Å²) in [5, 5.41) is 0.895. The summed E-state index contributed by atoms with van der Waals surface area (Å²) in [4.78, 5) is 27.0. The van der Waals surface area contributed by atoms with E-state index < -0.39 is 5.92 Å². The maximum Gasteiger partial charge on any atom is 0.243 e. The first-order chi connectivity index (χ1) is 17.4. The molecule has 36 heavy (non-hydrogen) atoms. The Labute approximate surface area is 220 Å². The number of ether oxygens (including phenoxy) is 2. The topological polar surface area (TPSA) is 79.9 Å². The Morgan fingerprint density at radius 1 is 1.08 bits per heavy atom. The van der Waals surface area contributed by atoms with E-state index in [2.05, 4.69) is 17.8 Å². The monoisotopic (exact) mass is 527 g/mol. The van der Waals surface area contributed by atoms with Gasteiger partial charge in [-0.25, -0.2) is 0 Å². The molecule has 3 aromatic rings. The molecule has 7 nitrogen and oxygen atoms in total. The third kappa shape index (κ3) is 5.86. The molecular formula is C27H27Cl2N3O4. The molecule has 9 heteroatoms. The third-order valence-electron chi connectivity index (χ3n) is 6.04. The Balaban J connectivity index is 1.37. The molecule has 3 aromatic carbocycles. The number of nitrogens with zero attached hydrogens (tertiary/aromatic N) is 1. The molecule has 2 amide bonds. The fourth-order valence-corrected chi connectivity index (χ4v) is 4.43. The van der Waals surface area contributed by atoms with Gasteiger partial charge in [-0.15, -0.1) is 0 Å². The van der Waals surface area contributed by atoms with Crippen molar-refractivity contribution < 1.29 is 19.1 Å². The average molecular weight is 528 g/mol. The lowest BCUT2D eigenvalue weighted by Gasteiger charge is -2.18. The minimum absolute atomic E-state index is 0.0795. The van der Waals surface area contributed by atoms with Gasteiger partial charge in [0.1, 0.15) is 6.61 Å². The second-order valence-corrected chi connectivity index (χ2v) is 9.22. The van der Waals surface area contributed by atoms with Crippen LogP contribution in [0.2, 0.25) is 10.0 Å². The van der Waals surface area contributed by atoms with Gasteiger partial charge in [-0.1, -0.05) is 60.5 Å². The van der Waals surface area contributed by atoms with Gasteiger partial charge in [0, 0.05) is 35.3 Å². The summed E-state index contributed by atoms with van der Waals surface area (Å²) in [6.07, 6.45) is 1.07. The standard InChI is InChI=1S/C27H27Cl2N3O4/c1-3-17-8-10-21(11-9-17)32-15-19(12-25(32)33)27(34)31-30-20-13-23(29)26(24(14-20)35-2)36-16-18-6-4-5-7-22(18)28/h4-11,13-14,19,30H,3,12,15-16H2,1-2H3,(H,31,34)/t19-/m0/s1. The fraction of sp³-hybridized carbons (Fsp3) is 0.259. The summed E-state index contributed by atoms with van der Waals surface area (Å²) in [6.45, 7) is 2.61. The van der Waals surface area contributed by atoms with Crippen molar-refractivity contribution in [1.82, 2.24) is 5.43 Å². The molecular weight excluding hydrogens is 501 g/mol. The summed E-state index contributed by atoms with van der Waals surface area (Å²) in [7, 11) is 1.50. The highest BCUT2D eigenvalue weighted by molar-refractivity contribution is 6.32. The van der Waals surface area contributed by atoms with E-state index in [1.165, 1.54) is 12.7 Å². The van der Waals surface area contributed by atoms with Crippen LogP contribution in [0, 0.1) is 5.92 Å². The Bertz CT molecular complexity index is 1250. The van der Waals surface area contributed by atoms with Crippen LogP contribution in [0.15, 0.2) is 60.7 Å². The molecule has 0 aliphatic carbocycles. The van der Waals surface area contributed by atoms with Crippen LogP contribution in [-0.4, -0.2) is 25.5 Å². The summed E-state index contributed by atoms with van der Waals surface area (Å²) in [6, 6.07) is 18.5. The first kappa shape index (κ1) is 25.7. The number of hydrogen-bond acceptors (Lipinski definition) is 5. The van der Waals surface area contributed by atoms with Gasteiger partial charge in [-0.05, 0) is 36.2 Å². The van der Waals surface area contributed by atoms with Gasteiger partial charge in [0.05, 0.1) is 23.7 Å². The van der Waals surface area contributed by atoms with Crippen molar-refractivity contribution in [3.8, 4) is 11.5 Å². The lowest BCUT2D eigenvalue weighted by atomic mass is 10.1. The van der Waals surface area contributed by atoms with Crippen LogP contribution in [0.1, 0.15) is 24.5 Å². The highest BCUT2D eigenvalue weighted by Gasteiger charge is 2.35. The van der Waals surface area contributed by atoms with Crippen molar-refractivity contribution in [1.29, 1.82) is 0 Å². The van der Waals surface area contributed by atoms with Crippen LogP contribution in [0.3, 0.4) is 0 Å². The van der Waals surface area contributed by atoms with Crippen LogP contribution in [0.25, 0.3) is 0 Å². The van der Waals surface area contributed by atoms with E-state index in [4.69, 9.17) is 32.7 Å². The van der Waals surface area contributed by atoms with Gasteiger partial charge in [-0.2, -0.15) is 0 Å². The first-order valence-electron chi connectivity index (χ1n) is 11.6. The van der Waals surface area contributed by atoms with E-state index in [1.807, 2.05) is 42.5 Å². The van der Waals surface area contributed by atoms with E-state index >= 15 is 0 Å². The van der Waals surface area contributed by atoms with Crippen molar-refractivity contribution >= 4 is 46.4 Å². The second kappa shape index (κ2) is 11.5. The summed E-state index contributed by atoms with van der Waals surface area (Å²) in [5.74, 6) is -0.0909. The summed E-state index contributed by atoms with van der Waals surface area (Å²) >= 11 is 12.6. The number of hydrogen-bond donors (Lipinski definition) is 2. The van der Waals surface area contributed by atoms with E-state index in [0.29, 0.717) is 33.8 Å². The number of amides is 2.